The van der Waals surface area contributed by atoms with E-state index in [1.165, 1.54) is 32.7 Å². The Labute approximate surface area is 104 Å². The van der Waals surface area contributed by atoms with Crippen molar-refractivity contribution in [3.63, 3.8) is 0 Å². The first-order valence-electron chi connectivity index (χ1n) is 5.12. The zero-order valence-corrected chi connectivity index (χ0v) is 10.0. The van der Waals surface area contributed by atoms with E-state index in [4.69, 9.17) is 14.6 Å². The molecule has 1 atom stereocenters. The van der Waals surface area contributed by atoms with Crippen molar-refractivity contribution < 1.29 is 24.2 Å². The molecule has 7 heteroatoms. The lowest BCUT2D eigenvalue weighted by Crippen LogP contribution is -2.37. The molecule has 0 saturated heterocycles. The maximum atomic E-state index is 11.8. The van der Waals surface area contributed by atoms with Crippen LogP contribution in [-0.2, 0) is 9.53 Å². The van der Waals surface area contributed by atoms with Crippen LogP contribution in [0.5, 0.6) is 5.75 Å². The summed E-state index contributed by atoms with van der Waals surface area (Å²) in [6, 6.07) is 1.48. The van der Waals surface area contributed by atoms with Crippen LogP contribution in [0.4, 0.5) is 0 Å². The van der Waals surface area contributed by atoms with Crippen molar-refractivity contribution in [1.29, 1.82) is 0 Å². The van der Waals surface area contributed by atoms with Crippen LogP contribution in [0.25, 0.3) is 0 Å². The molecule has 0 aliphatic heterocycles. The molecule has 18 heavy (non-hydrogen) atoms. The molecular formula is C11H14N2O5. The largest absolute Gasteiger partial charge is 0.494 e. The van der Waals surface area contributed by atoms with Crippen LogP contribution in [0, 0.1) is 0 Å². The molecule has 98 valence electrons. The van der Waals surface area contributed by atoms with Gasteiger partial charge in [-0.1, -0.05) is 0 Å². The van der Waals surface area contributed by atoms with E-state index >= 15 is 0 Å². The fourth-order valence-corrected chi connectivity index (χ4v) is 1.28. The summed E-state index contributed by atoms with van der Waals surface area (Å²) in [7, 11) is 2.68. The van der Waals surface area contributed by atoms with Gasteiger partial charge in [0.05, 0.1) is 25.4 Å². The Morgan fingerprint density at radius 1 is 1.50 bits per heavy atom. The van der Waals surface area contributed by atoms with Gasteiger partial charge in [0.1, 0.15) is 5.75 Å². The average molecular weight is 254 g/mol. The highest BCUT2D eigenvalue weighted by molar-refractivity contribution is 5.96. The Morgan fingerprint density at radius 3 is 2.78 bits per heavy atom. The third kappa shape index (κ3) is 3.42. The SMILES string of the molecule is COc1cnccc1C(=O)NCC(OC)C(=O)O. The number of nitrogens with zero attached hydrogens (tertiary/aromatic N) is 1. The number of methoxy groups -OCH3 is 2. The van der Waals surface area contributed by atoms with Gasteiger partial charge in [-0.2, -0.15) is 0 Å². The topological polar surface area (TPSA) is 97.8 Å². The molecule has 1 amide bonds. The van der Waals surface area contributed by atoms with Gasteiger partial charge in [0, 0.05) is 13.3 Å². The van der Waals surface area contributed by atoms with Gasteiger partial charge in [-0.3, -0.25) is 9.78 Å². The fraction of sp³-hybridized carbons (Fsp3) is 0.364. The van der Waals surface area contributed by atoms with E-state index in [1.54, 1.807) is 0 Å². The first-order chi connectivity index (χ1) is 8.60. The summed E-state index contributed by atoms with van der Waals surface area (Å²) in [4.78, 5) is 26.3. The molecule has 2 N–H and O–H groups in total. The highest BCUT2D eigenvalue weighted by atomic mass is 16.5. The number of carboxylic acid groups (broad SMARTS) is 1. The Kier molecular flexibility index (Phi) is 5.06. The monoisotopic (exact) mass is 254 g/mol. The van der Waals surface area contributed by atoms with Crippen molar-refractivity contribution in [1.82, 2.24) is 10.3 Å². The lowest BCUT2D eigenvalue weighted by molar-refractivity contribution is -0.148. The number of hydrogen-bond acceptors (Lipinski definition) is 5. The van der Waals surface area contributed by atoms with E-state index in [1.807, 2.05) is 0 Å². The van der Waals surface area contributed by atoms with Crippen LogP contribution < -0.4 is 10.1 Å². The van der Waals surface area contributed by atoms with Gasteiger partial charge in [0.15, 0.2) is 6.10 Å². The van der Waals surface area contributed by atoms with Crippen LogP contribution in [0.1, 0.15) is 10.4 Å². The number of nitrogens with one attached hydrogen (secondary N) is 1. The number of carboxylic acids is 1. The normalized spacial score (nSPS) is 11.7. The second-order valence-electron chi connectivity index (χ2n) is 3.35. The third-order valence-electron chi connectivity index (χ3n) is 2.26. The van der Waals surface area contributed by atoms with Crippen LogP contribution in [0.2, 0.25) is 0 Å². The van der Waals surface area contributed by atoms with E-state index < -0.39 is 18.0 Å². The minimum Gasteiger partial charge on any atom is -0.494 e. The fourth-order valence-electron chi connectivity index (χ4n) is 1.28. The summed E-state index contributed by atoms with van der Waals surface area (Å²) < 4.78 is 9.67. The smallest absolute Gasteiger partial charge is 0.334 e. The minimum absolute atomic E-state index is 0.129. The number of amides is 1. The van der Waals surface area contributed by atoms with E-state index in [2.05, 4.69) is 10.3 Å². The number of aromatic nitrogens is 1. The number of hydrogen-bond donors (Lipinski definition) is 2. The van der Waals surface area contributed by atoms with Crippen LogP contribution >= 0.6 is 0 Å². The molecule has 7 nitrogen and oxygen atoms in total. The van der Waals surface area contributed by atoms with Gasteiger partial charge in [0.25, 0.3) is 5.91 Å². The maximum absolute atomic E-state index is 11.8. The minimum atomic E-state index is -1.14. The van der Waals surface area contributed by atoms with Gasteiger partial charge in [-0.15, -0.1) is 0 Å². The third-order valence-corrected chi connectivity index (χ3v) is 2.26. The van der Waals surface area contributed by atoms with Gasteiger partial charge in [-0.05, 0) is 6.07 Å². The van der Waals surface area contributed by atoms with Gasteiger partial charge < -0.3 is 19.9 Å². The molecule has 0 aliphatic rings. The molecule has 0 spiro atoms. The second-order valence-corrected chi connectivity index (χ2v) is 3.35. The molecule has 1 aromatic heterocycles. The number of carbonyl (C=O) groups is 2. The summed E-state index contributed by atoms with van der Waals surface area (Å²) in [6.07, 6.45) is 1.77. The van der Waals surface area contributed by atoms with Gasteiger partial charge in [0.2, 0.25) is 0 Å². The zero-order valence-electron chi connectivity index (χ0n) is 10.0. The summed E-state index contributed by atoms with van der Waals surface area (Å²) in [5.41, 5.74) is 0.285. The summed E-state index contributed by atoms with van der Waals surface area (Å²) in [5, 5.41) is 11.2. The number of pyridine rings is 1. The van der Waals surface area contributed by atoms with Crippen molar-refractivity contribution in [3.8, 4) is 5.75 Å². The first-order valence-corrected chi connectivity index (χ1v) is 5.12. The predicted octanol–water partition coefficient (Wildman–Crippen LogP) is -0.0804. The average Bonchev–Trinajstić information content (AvgIpc) is 2.38. The van der Waals surface area contributed by atoms with Crippen molar-refractivity contribution >= 4 is 11.9 Å². The number of ether oxygens (including phenoxy) is 2. The highest BCUT2D eigenvalue weighted by Gasteiger charge is 2.19. The second kappa shape index (κ2) is 6.55. The number of rotatable bonds is 6. The molecule has 0 aromatic carbocycles. The molecule has 0 aliphatic carbocycles. The van der Waals surface area contributed by atoms with Crippen molar-refractivity contribution in [2.45, 2.75) is 6.10 Å². The van der Waals surface area contributed by atoms with E-state index in [0.717, 1.165) is 0 Å². The lowest BCUT2D eigenvalue weighted by Gasteiger charge is -2.12. The standard InChI is InChI=1S/C11H14N2O5/c1-17-8-5-12-4-3-7(8)10(14)13-6-9(18-2)11(15)16/h3-5,9H,6H2,1-2H3,(H,13,14)(H,15,16). The quantitative estimate of drug-likeness (QED) is 0.736. The molecule has 0 fully saturated rings. The molecule has 0 radical (unpaired) electrons. The van der Waals surface area contributed by atoms with Crippen molar-refractivity contribution in [3.05, 3.63) is 24.0 Å². The van der Waals surface area contributed by atoms with Crippen LogP contribution in [-0.4, -0.2) is 48.8 Å². The first kappa shape index (κ1) is 13.9. The summed E-state index contributed by atoms with van der Waals surface area (Å²) in [6.45, 7) is -0.129. The van der Waals surface area contributed by atoms with Crippen molar-refractivity contribution in [2.75, 3.05) is 20.8 Å². The Balaban J connectivity index is 2.68. The molecular weight excluding hydrogens is 240 g/mol. The van der Waals surface area contributed by atoms with Gasteiger partial charge in [-0.25, -0.2) is 4.79 Å². The van der Waals surface area contributed by atoms with Crippen LogP contribution in [0.3, 0.4) is 0 Å². The van der Waals surface area contributed by atoms with Crippen LogP contribution in [0.15, 0.2) is 18.5 Å². The van der Waals surface area contributed by atoms with Crippen molar-refractivity contribution in [2.24, 2.45) is 0 Å². The molecule has 1 heterocycles. The maximum Gasteiger partial charge on any atom is 0.334 e. The lowest BCUT2D eigenvalue weighted by atomic mass is 10.2. The Bertz CT molecular complexity index is 435. The summed E-state index contributed by atoms with van der Waals surface area (Å²) >= 11 is 0. The predicted molar refractivity (Wildman–Crippen MR) is 61.6 cm³/mol. The zero-order chi connectivity index (χ0) is 13.5. The Morgan fingerprint density at radius 2 is 2.22 bits per heavy atom. The number of aliphatic carboxylic acids is 1. The van der Waals surface area contributed by atoms with Gasteiger partial charge >= 0.3 is 5.97 Å². The Hall–Kier alpha value is -2.15. The molecule has 0 bridgehead atoms. The summed E-state index contributed by atoms with van der Waals surface area (Å²) in [5.74, 6) is -1.27. The van der Waals surface area contributed by atoms with E-state index in [9.17, 15) is 9.59 Å². The molecule has 1 unspecified atom stereocenters. The highest BCUT2D eigenvalue weighted by Crippen LogP contribution is 2.15. The molecule has 1 aromatic rings. The molecule has 1 rings (SSSR count). The molecule has 0 saturated carbocycles. The number of carbonyl (C=O) groups excluding carboxylic acids is 1. The van der Waals surface area contributed by atoms with E-state index in [0.29, 0.717) is 5.75 Å². The van der Waals surface area contributed by atoms with E-state index in [-0.39, 0.29) is 12.1 Å².